The highest BCUT2D eigenvalue weighted by Gasteiger charge is 2.13. The van der Waals surface area contributed by atoms with E-state index in [4.69, 9.17) is 0 Å². The number of nitrogens with zero attached hydrogens (tertiary/aromatic N) is 2. The molecule has 0 unspecified atom stereocenters. The number of nitrogens with one attached hydrogen (secondary N) is 1. The molecule has 0 aromatic carbocycles. The van der Waals surface area contributed by atoms with E-state index in [0.717, 1.165) is 0 Å². The Bertz CT molecular complexity index is 290. The molecule has 0 aromatic rings. The second-order valence-electron chi connectivity index (χ2n) is 4.12. The zero-order valence-electron chi connectivity index (χ0n) is 10.9. The van der Waals surface area contributed by atoms with Crippen LogP contribution < -0.4 is 5.32 Å². The molecule has 3 amide bonds. The summed E-state index contributed by atoms with van der Waals surface area (Å²) >= 11 is 0. The van der Waals surface area contributed by atoms with Gasteiger partial charge in [-0.3, -0.25) is 14.4 Å². The van der Waals surface area contributed by atoms with Gasteiger partial charge in [-0.1, -0.05) is 0 Å². The highest BCUT2D eigenvalue weighted by atomic mass is 16.2. The molecule has 17 heavy (non-hydrogen) atoms. The van der Waals surface area contributed by atoms with Gasteiger partial charge in [0, 0.05) is 41.0 Å². The molecule has 0 atom stereocenters. The van der Waals surface area contributed by atoms with Gasteiger partial charge in [-0.25, -0.2) is 0 Å². The zero-order valence-corrected chi connectivity index (χ0v) is 10.9. The molecule has 98 valence electrons. The molecule has 0 radical (unpaired) electrons. The number of hydrogen-bond acceptors (Lipinski definition) is 3. The van der Waals surface area contributed by atoms with Crippen molar-refractivity contribution < 1.29 is 14.4 Å². The van der Waals surface area contributed by atoms with E-state index >= 15 is 0 Å². The largest absolute Gasteiger partial charge is 0.356 e. The van der Waals surface area contributed by atoms with E-state index in [1.165, 1.54) is 16.7 Å². The number of amides is 3. The molecule has 0 fully saturated rings. The lowest BCUT2D eigenvalue weighted by atomic mass is 10.2. The van der Waals surface area contributed by atoms with E-state index in [0.29, 0.717) is 19.4 Å². The van der Waals surface area contributed by atoms with Gasteiger partial charge in [0.05, 0.1) is 6.54 Å². The van der Waals surface area contributed by atoms with Crippen LogP contribution in [0.4, 0.5) is 0 Å². The normalized spacial score (nSPS) is 9.65. The minimum atomic E-state index is -0.109. The first-order valence-electron chi connectivity index (χ1n) is 5.53. The summed E-state index contributed by atoms with van der Waals surface area (Å²) in [5, 5.41) is 2.61. The Kier molecular flexibility index (Phi) is 6.93. The summed E-state index contributed by atoms with van der Waals surface area (Å²) in [4.78, 5) is 36.4. The molecule has 0 aliphatic heterocycles. The molecule has 1 N–H and O–H groups in total. The van der Waals surface area contributed by atoms with Gasteiger partial charge in [0.25, 0.3) is 0 Å². The van der Waals surface area contributed by atoms with E-state index < -0.39 is 0 Å². The van der Waals surface area contributed by atoms with Gasteiger partial charge in [-0.05, 0) is 6.42 Å². The average Bonchev–Trinajstić information content (AvgIpc) is 2.23. The number of rotatable bonds is 6. The highest BCUT2D eigenvalue weighted by Crippen LogP contribution is 1.96. The molecule has 0 rings (SSSR count). The van der Waals surface area contributed by atoms with Crippen LogP contribution in [0.25, 0.3) is 0 Å². The van der Waals surface area contributed by atoms with Crippen LogP contribution in [0.3, 0.4) is 0 Å². The molecule has 0 bridgehead atoms. The Hall–Kier alpha value is -1.59. The molecular formula is C11H21N3O3. The van der Waals surface area contributed by atoms with Crippen LogP contribution in [0.1, 0.15) is 19.8 Å². The van der Waals surface area contributed by atoms with Crippen LogP contribution in [0.5, 0.6) is 0 Å². The van der Waals surface area contributed by atoms with Crippen LogP contribution in [0, 0.1) is 0 Å². The maximum atomic E-state index is 11.6. The molecule has 0 aliphatic carbocycles. The molecule has 0 aromatic heterocycles. The van der Waals surface area contributed by atoms with Crippen LogP contribution in [0.2, 0.25) is 0 Å². The van der Waals surface area contributed by atoms with Crippen LogP contribution in [-0.2, 0) is 14.4 Å². The van der Waals surface area contributed by atoms with Crippen molar-refractivity contribution in [2.24, 2.45) is 0 Å². The fraction of sp³-hybridized carbons (Fsp3) is 0.727. The molecule has 0 saturated heterocycles. The molecule has 0 heterocycles. The summed E-state index contributed by atoms with van der Waals surface area (Å²) in [5.41, 5.74) is 0. The van der Waals surface area contributed by atoms with E-state index in [1.807, 2.05) is 0 Å². The number of likely N-dealkylation sites (N-methyl/N-ethyl adjacent to an activating group) is 2. The maximum absolute atomic E-state index is 11.6. The quantitative estimate of drug-likeness (QED) is 0.636. The minimum Gasteiger partial charge on any atom is -0.356 e. The van der Waals surface area contributed by atoms with Gasteiger partial charge in [0.2, 0.25) is 17.7 Å². The molecular weight excluding hydrogens is 222 g/mol. The number of carbonyl (C=O) groups excluding carboxylic acids is 3. The summed E-state index contributed by atoms with van der Waals surface area (Å²) in [7, 11) is 4.90. The first-order valence-corrected chi connectivity index (χ1v) is 5.53. The average molecular weight is 243 g/mol. The standard InChI is InChI=1S/C11H21N3O3/c1-9(15)12-7-5-6-10(16)14(4)8-11(17)13(2)3/h5-8H2,1-4H3,(H,12,15). The summed E-state index contributed by atoms with van der Waals surface area (Å²) in [5.74, 6) is -0.304. The number of hydrogen-bond donors (Lipinski definition) is 1. The topological polar surface area (TPSA) is 69.7 Å². The monoisotopic (exact) mass is 243 g/mol. The number of carbonyl (C=O) groups is 3. The fourth-order valence-electron chi connectivity index (χ4n) is 1.13. The Balaban J connectivity index is 3.82. The third kappa shape index (κ3) is 7.32. The Morgan fingerprint density at radius 3 is 2.12 bits per heavy atom. The SMILES string of the molecule is CC(=O)NCCCC(=O)N(C)CC(=O)N(C)C. The van der Waals surface area contributed by atoms with Crippen molar-refractivity contribution in [3.63, 3.8) is 0 Å². The predicted octanol–water partition coefficient (Wildman–Crippen LogP) is -0.551. The van der Waals surface area contributed by atoms with Crippen molar-refractivity contribution in [3.8, 4) is 0 Å². The molecule has 0 spiro atoms. The Labute approximate surface area is 102 Å². The van der Waals surface area contributed by atoms with Crippen LogP contribution in [-0.4, -0.2) is 61.8 Å². The Morgan fingerprint density at radius 1 is 1.06 bits per heavy atom. The summed E-state index contributed by atoms with van der Waals surface area (Å²) in [6.45, 7) is 2.01. The fourth-order valence-corrected chi connectivity index (χ4v) is 1.13. The predicted molar refractivity (Wildman–Crippen MR) is 64.2 cm³/mol. The second-order valence-corrected chi connectivity index (χ2v) is 4.12. The Morgan fingerprint density at radius 2 is 1.65 bits per heavy atom. The lowest BCUT2D eigenvalue weighted by Gasteiger charge is -2.19. The van der Waals surface area contributed by atoms with Crippen molar-refractivity contribution in [2.75, 3.05) is 34.2 Å². The van der Waals surface area contributed by atoms with Crippen molar-refractivity contribution in [1.29, 1.82) is 0 Å². The molecule has 6 nitrogen and oxygen atoms in total. The first-order chi connectivity index (χ1) is 7.84. The molecule has 6 heteroatoms. The van der Waals surface area contributed by atoms with E-state index in [2.05, 4.69) is 5.32 Å². The summed E-state index contributed by atoms with van der Waals surface area (Å²) in [6, 6.07) is 0. The smallest absolute Gasteiger partial charge is 0.241 e. The van der Waals surface area contributed by atoms with Crippen molar-refractivity contribution in [2.45, 2.75) is 19.8 Å². The lowest BCUT2D eigenvalue weighted by Crippen LogP contribution is -2.38. The van der Waals surface area contributed by atoms with Crippen molar-refractivity contribution in [3.05, 3.63) is 0 Å². The molecule has 0 saturated carbocycles. The third-order valence-electron chi connectivity index (χ3n) is 2.24. The highest BCUT2D eigenvalue weighted by molar-refractivity contribution is 5.84. The van der Waals surface area contributed by atoms with E-state index in [-0.39, 0.29) is 24.3 Å². The van der Waals surface area contributed by atoms with Gasteiger partial charge < -0.3 is 15.1 Å². The van der Waals surface area contributed by atoms with Gasteiger partial charge in [-0.2, -0.15) is 0 Å². The third-order valence-corrected chi connectivity index (χ3v) is 2.24. The van der Waals surface area contributed by atoms with Gasteiger partial charge in [0.15, 0.2) is 0 Å². The zero-order chi connectivity index (χ0) is 13.4. The van der Waals surface area contributed by atoms with Gasteiger partial charge in [-0.15, -0.1) is 0 Å². The van der Waals surface area contributed by atoms with Gasteiger partial charge in [0.1, 0.15) is 0 Å². The van der Waals surface area contributed by atoms with E-state index in [1.54, 1.807) is 21.1 Å². The maximum Gasteiger partial charge on any atom is 0.241 e. The molecule has 0 aliphatic rings. The first kappa shape index (κ1) is 15.4. The summed E-state index contributed by atoms with van der Waals surface area (Å²) < 4.78 is 0. The van der Waals surface area contributed by atoms with Crippen LogP contribution >= 0.6 is 0 Å². The van der Waals surface area contributed by atoms with Crippen molar-refractivity contribution in [1.82, 2.24) is 15.1 Å². The van der Waals surface area contributed by atoms with Crippen LogP contribution in [0.15, 0.2) is 0 Å². The minimum absolute atomic E-state index is 0.0893. The summed E-state index contributed by atoms with van der Waals surface area (Å²) in [6.07, 6.45) is 0.913. The van der Waals surface area contributed by atoms with Crippen molar-refractivity contribution >= 4 is 17.7 Å². The van der Waals surface area contributed by atoms with Gasteiger partial charge >= 0.3 is 0 Å². The second kappa shape index (κ2) is 7.65. The van der Waals surface area contributed by atoms with E-state index in [9.17, 15) is 14.4 Å². The lowest BCUT2D eigenvalue weighted by molar-refractivity contribution is -0.138.